The van der Waals surface area contributed by atoms with Gasteiger partial charge < -0.3 is 10.2 Å². The van der Waals surface area contributed by atoms with Crippen LogP contribution in [0.5, 0.6) is 0 Å². The number of hydrogen-bond acceptors (Lipinski definition) is 2. The van der Waals surface area contributed by atoms with E-state index >= 15 is 0 Å². The summed E-state index contributed by atoms with van der Waals surface area (Å²) in [5, 5.41) is 3.27. The van der Waals surface area contributed by atoms with Crippen molar-refractivity contribution >= 4 is 23.4 Å². The van der Waals surface area contributed by atoms with E-state index in [-0.39, 0.29) is 24.9 Å². The second kappa shape index (κ2) is 9.73. The topological polar surface area (TPSA) is 49.4 Å². The van der Waals surface area contributed by atoms with Crippen molar-refractivity contribution in [2.75, 3.05) is 19.6 Å². The van der Waals surface area contributed by atoms with Gasteiger partial charge in [0.2, 0.25) is 5.91 Å². The van der Waals surface area contributed by atoms with E-state index in [0.717, 1.165) is 25.0 Å². The summed E-state index contributed by atoms with van der Waals surface area (Å²) >= 11 is 5.99. The fourth-order valence-electron chi connectivity index (χ4n) is 3.84. The number of carbonyl (C=O) groups is 2. The molecular formula is C23H24ClF3N2O2. The maximum absolute atomic E-state index is 13.2. The smallest absolute Gasteiger partial charge is 0.356 e. The van der Waals surface area contributed by atoms with Crippen molar-refractivity contribution in [3.05, 3.63) is 70.2 Å². The summed E-state index contributed by atoms with van der Waals surface area (Å²) in [6.07, 6.45) is -2.77. The van der Waals surface area contributed by atoms with Crippen LogP contribution in [0.25, 0.3) is 0 Å². The lowest BCUT2D eigenvalue weighted by atomic mass is 9.87. The van der Waals surface area contributed by atoms with Gasteiger partial charge in [-0.1, -0.05) is 49.2 Å². The molecule has 166 valence electrons. The van der Waals surface area contributed by atoms with Crippen molar-refractivity contribution < 1.29 is 22.8 Å². The van der Waals surface area contributed by atoms with E-state index in [1.165, 1.54) is 17.0 Å². The fraction of sp³-hybridized carbons (Fsp3) is 0.391. The van der Waals surface area contributed by atoms with Gasteiger partial charge in [0.15, 0.2) is 0 Å². The van der Waals surface area contributed by atoms with Crippen LogP contribution >= 0.6 is 11.6 Å². The summed E-state index contributed by atoms with van der Waals surface area (Å²) in [6, 6.07) is 11.5. The van der Waals surface area contributed by atoms with E-state index in [2.05, 4.69) is 5.32 Å². The average molecular weight is 453 g/mol. The molecule has 31 heavy (non-hydrogen) atoms. The zero-order valence-electron chi connectivity index (χ0n) is 17.1. The minimum Gasteiger partial charge on any atom is -0.356 e. The Kier molecular flexibility index (Phi) is 7.26. The molecule has 1 fully saturated rings. The van der Waals surface area contributed by atoms with E-state index in [1.54, 1.807) is 24.3 Å². The molecule has 2 amide bonds. The molecule has 0 saturated carbocycles. The van der Waals surface area contributed by atoms with Gasteiger partial charge in [0, 0.05) is 36.1 Å². The molecule has 1 aliphatic rings. The number of halogens is 4. The number of hydrogen-bond donors (Lipinski definition) is 1. The normalized spacial score (nSPS) is 18.8. The van der Waals surface area contributed by atoms with Crippen LogP contribution in [0.3, 0.4) is 0 Å². The number of amides is 2. The predicted molar refractivity (Wildman–Crippen MR) is 113 cm³/mol. The average Bonchev–Trinajstić information content (AvgIpc) is 3.18. The van der Waals surface area contributed by atoms with E-state index in [0.29, 0.717) is 22.7 Å². The standard InChI is InChI=1S/C23H24ClF3N2O2/c1-2-3-10-28-21(30)20-14-29(22(31)16-7-5-9-18(24)12-16)13-19(20)15-6-4-8-17(11-15)23(25,26)27/h4-9,11-12,19-20H,2-3,10,13-14H2,1H3,(H,28,30). The van der Waals surface area contributed by atoms with Gasteiger partial charge in [0.1, 0.15) is 0 Å². The van der Waals surface area contributed by atoms with Gasteiger partial charge in [-0.3, -0.25) is 9.59 Å². The Morgan fingerprint density at radius 2 is 1.87 bits per heavy atom. The minimum absolute atomic E-state index is 0.129. The molecule has 1 N–H and O–H groups in total. The first-order valence-corrected chi connectivity index (χ1v) is 10.6. The van der Waals surface area contributed by atoms with Gasteiger partial charge in [-0.15, -0.1) is 0 Å². The number of nitrogens with zero attached hydrogens (tertiary/aromatic N) is 1. The lowest BCUT2D eigenvalue weighted by Gasteiger charge is -2.19. The van der Waals surface area contributed by atoms with Crippen LogP contribution in [-0.4, -0.2) is 36.3 Å². The zero-order valence-corrected chi connectivity index (χ0v) is 17.8. The monoisotopic (exact) mass is 452 g/mol. The third-order valence-corrected chi connectivity index (χ3v) is 5.72. The summed E-state index contributed by atoms with van der Waals surface area (Å²) in [5.41, 5.74) is 0.00366. The lowest BCUT2D eigenvalue weighted by Crippen LogP contribution is -2.36. The number of unbranched alkanes of at least 4 members (excludes halogenated alkanes) is 1. The van der Waals surface area contributed by atoms with Crippen LogP contribution in [0.2, 0.25) is 5.02 Å². The van der Waals surface area contributed by atoms with Crippen molar-refractivity contribution in [1.82, 2.24) is 10.2 Å². The highest BCUT2D eigenvalue weighted by Gasteiger charge is 2.41. The number of benzene rings is 2. The second-order valence-electron chi connectivity index (χ2n) is 7.70. The Labute approximate surface area is 184 Å². The highest BCUT2D eigenvalue weighted by atomic mass is 35.5. The Hall–Kier alpha value is -2.54. The van der Waals surface area contributed by atoms with Gasteiger partial charge >= 0.3 is 6.18 Å². The number of likely N-dealkylation sites (tertiary alicyclic amines) is 1. The van der Waals surface area contributed by atoms with Crippen molar-refractivity contribution in [3.63, 3.8) is 0 Å². The molecule has 0 radical (unpaired) electrons. The van der Waals surface area contributed by atoms with Crippen LogP contribution in [0.15, 0.2) is 48.5 Å². The van der Waals surface area contributed by atoms with Crippen LogP contribution in [0.1, 0.15) is 47.2 Å². The molecular weight excluding hydrogens is 429 g/mol. The van der Waals surface area contributed by atoms with Crippen LogP contribution in [0.4, 0.5) is 13.2 Å². The molecule has 2 aromatic carbocycles. The summed E-state index contributed by atoms with van der Waals surface area (Å²) in [7, 11) is 0. The van der Waals surface area contributed by atoms with Crippen molar-refractivity contribution in [3.8, 4) is 0 Å². The maximum atomic E-state index is 13.2. The molecule has 0 spiro atoms. The first kappa shape index (κ1) is 23.1. The van der Waals surface area contributed by atoms with Crippen molar-refractivity contribution in [1.29, 1.82) is 0 Å². The molecule has 0 aliphatic carbocycles. The first-order valence-electron chi connectivity index (χ1n) is 10.2. The predicted octanol–water partition coefficient (Wildman–Crippen LogP) is 5.13. The molecule has 0 aromatic heterocycles. The van der Waals surface area contributed by atoms with E-state index < -0.39 is 23.6 Å². The molecule has 3 rings (SSSR count). The van der Waals surface area contributed by atoms with E-state index in [4.69, 9.17) is 11.6 Å². The highest BCUT2D eigenvalue weighted by molar-refractivity contribution is 6.30. The molecule has 2 aromatic rings. The summed E-state index contributed by atoms with van der Waals surface area (Å²) in [5.74, 6) is -1.73. The lowest BCUT2D eigenvalue weighted by molar-refractivity contribution is -0.137. The summed E-state index contributed by atoms with van der Waals surface area (Å²) < 4.78 is 39.7. The third kappa shape index (κ3) is 5.58. The fourth-order valence-corrected chi connectivity index (χ4v) is 4.03. The number of nitrogens with one attached hydrogen (secondary N) is 1. The zero-order chi connectivity index (χ0) is 22.6. The molecule has 0 bridgehead atoms. The molecule has 1 aliphatic heterocycles. The molecule has 4 nitrogen and oxygen atoms in total. The molecule has 1 saturated heterocycles. The van der Waals surface area contributed by atoms with E-state index in [9.17, 15) is 22.8 Å². The second-order valence-corrected chi connectivity index (χ2v) is 8.14. The Morgan fingerprint density at radius 1 is 1.13 bits per heavy atom. The molecule has 2 unspecified atom stereocenters. The Morgan fingerprint density at radius 3 is 2.55 bits per heavy atom. The quantitative estimate of drug-likeness (QED) is 0.617. The van der Waals surface area contributed by atoms with Crippen LogP contribution in [0, 0.1) is 5.92 Å². The van der Waals surface area contributed by atoms with Gasteiger partial charge in [-0.05, 0) is 36.2 Å². The number of rotatable bonds is 6. The van der Waals surface area contributed by atoms with Crippen molar-refractivity contribution in [2.24, 2.45) is 5.92 Å². The Bertz CT molecular complexity index is 948. The third-order valence-electron chi connectivity index (χ3n) is 5.49. The maximum Gasteiger partial charge on any atom is 0.416 e. The summed E-state index contributed by atoms with van der Waals surface area (Å²) in [6.45, 7) is 2.77. The summed E-state index contributed by atoms with van der Waals surface area (Å²) in [4.78, 5) is 27.4. The largest absolute Gasteiger partial charge is 0.416 e. The van der Waals surface area contributed by atoms with E-state index in [1.807, 2.05) is 6.92 Å². The van der Waals surface area contributed by atoms with Crippen LogP contribution in [-0.2, 0) is 11.0 Å². The van der Waals surface area contributed by atoms with Gasteiger partial charge in [-0.2, -0.15) is 13.2 Å². The van der Waals surface area contributed by atoms with Crippen molar-refractivity contribution in [2.45, 2.75) is 31.9 Å². The van der Waals surface area contributed by atoms with Crippen LogP contribution < -0.4 is 5.32 Å². The Balaban J connectivity index is 1.89. The molecule has 8 heteroatoms. The first-order chi connectivity index (χ1) is 14.7. The SMILES string of the molecule is CCCCNC(=O)C1CN(C(=O)c2cccc(Cl)c2)CC1c1cccc(C(F)(F)F)c1. The number of carbonyl (C=O) groups excluding carboxylic acids is 2. The molecule has 2 atom stereocenters. The molecule has 1 heterocycles. The highest BCUT2D eigenvalue weighted by Crippen LogP contribution is 2.37. The van der Waals surface area contributed by atoms with Gasteiger partial charge in [0.25, 0.3) is 5.91 Å². The van der Waals surface area contributed by atoms with Gasteiger partial charge in [0.05, 0.1) is 11.5 Å². The minimum atomic E-state index is -4.48. The van der Waals surface area contributed by atoms with Gasteiger partial charge in [-0.25, -0.2) is 0 Å². The number of alkyl halides is 3.